The van der Waals surface area contributed by atoms with Crippen LogP contribution in [-0.4, -0.2) is 24.9 Å². The number of fused-ring (bicyclic) bond motifs is 2. The Bertz CT molecular complexity index is 2380. The first kappa shape index (κ1) is 67.6. The molecule has 0 radical (unpaired) electrons. The minimum absolute atomic E-state index is 0.00369. The number of benzene rings is 2. The molecule has 2 amide bonds. The van der Waals surface area contributed by atoms with Crippen molar-refractivity contribution < 1.29 is 9.59 Å². The van der Waals surface area contributed by atoms with Gasteiger partial charge in [0.2, 0.25) is 0 Å². The van der Waals surface area contributed by atoms with Gasteiger partial charge in [0.1, 0.15) is 0 Å². The first-order chi connectivity index (χ1) is 40.3. The Hall–Kier alpha value is -3.48. The molecule has 4 nitrogen and oxygen atoms in total. The maximum Gasteiger partial charge on any atom is 0.259 e. The third-order valence-corrected chi connectivity index (χ3v) is 21.0. The van der Waals surface area contributed by atoms with Gasteiger partial charge >= 0.3 is 0 Å². The average molecular weight is 1160 g/mol. The van der Waals surface area contributed by atoms with Gasteiger partial charge in [-0.15, -0.1) is 22.7 Å². The lowest BCUT2D eigenvalue weighted by Crippen LogP contribution is -2.30. The van der Waals surface area contributed by atoms with Gasteiger partial charge in [-0.1, -0.05) is 309 Å². The van der Waals surface area contributed by atoms with Crippen molar-refractivity contribution in [2.75, 3.05) is 22.9 Å². The first-order valence-electron chi connectivity index (χ1n) is 35.1. The number of thiophene rings is 2. The summed E-state index contributed by atoms with van der Waals surface area (Å²) in [6.45, 7) is 14.9. The van der Waals surface area contributed by atoms with Crippen LogP contribution in [-0.2, 0) is 9.59 Å². The summed E-state index contributed by atoms with van der Waals surface area (Å²) in [5.74, 6) is 1.56. The molecule has 0 unspecified atom stereocenters. The topological polar surface area (TPSA) is 40.6 Å². The molecule has 0 fully saturated rings. The van der Waals surface area contributed by atoms with E-state index < -0.39 is 0 Å². The van der Waals surface area contributed by atoms with Crippen molar-refractivity contribution in [3.05, 3.63) is 82.2 Å². The summed E-state index contributed by atoms with van der Waals surface area (Å²) < 4.78 is 0. The van der Waals surface area contributed by atoms with E-state index >= 15 is 9.59 Å². The van der Waals surface area contributed by atoms with Crippen molar-refractivity contribution in [2.45, 2.75) is 311 Å². The van der Waals surface area contributed by atoms with Crippen LogP contribution in [0.15, 0.2) is 60.7 Å². The lowest BCUT2D eigenvalue weighted by atomic mass is 9.89. The maximum absolute atomic E-state index is 15.4. The fourth-order valence-electron chi connectivity index (χ4n) is 13.6. The first-order valence-corrected chi connectivity index (χ1v) is 36.7. The molecule has 4 heterocycles. The number of unbranched alkanes of at least 4 members (excludes halogenated alkanes) is 30. The van der Waals surface area contributed by atoms with E-state index in [1.807, 2.05) is 22.7 Å². The van der Waals surface area contributed by atoms with Crippen LogP contribution in [0.4, 0.5) is 11.4 Å². The van der Waals surface area contributed by atoms with Crippen LogP contribution in [0.2, 0.25) is 0 Å². The summed E-state index contributed by atoms with van der Waals surface area (Å²) in [6, 6.07) is 22.1. The number of aryl methyl sites for hydroxylation is 2. The number of hydrogen-bond donors (Lipinski definition) is 0. The summed E-state index contributed by atoms with van der Waals surface area (Å²) in [4.78, 5) is 39.9. The van der Waals surface area contributed by atoms with Crippen molar-refractivity contribution in [1.29, 1.82) is 0 Å². The number of hydrogen-bond acceptors (Lipinski definition) is 4. The van der Waals surface area contributed by atoms with Gasteiger partial charge in [-0.05, 0) is 86.1 Å². The third kappa shape index (κ3) is 22.7. The lowest BCUT2D eigenvalue weighted by Gasteiger charge is -2.20. The Morgan fingerprint density at radius 2 is 0.671 bits per heavy atom. The highest BCUT2D eigenvalue weighted by Gasteiger charge is 2.42. The molecular formula is C76H118N2O2S2. The van der Waals surface area contributed by atoms with Crippen LogP contribution in [0, 0.1) is 25.7 Å². The second-order valence-corrected chi connectivity index (χ2v) is 28.1. The molecule has 0 saturated heterocycles. The zero-order valence-electron chi connectivity index (χ0n) is 53.6. The summed E-state index contributed by atoms with van der Waals surface area (Å²) in [5.41, 5.74) is 7.32. The van der Waals surface area contributed by atoms with Gasteiger partial charge in [-0.25, -0.2) is 0 Å². The summed E-state index contributed by atoms with van der Waals surface area (Å²) in [6.07, 6.45) is 56.2. The second kappa shape index (κ2) is 40.0. The zero-order chi connectivity index (χ0) is 58.0. The minimum atomic E-state index is 0.00369. The number of rotatable bonds is 48. The molecule has 0 aliphatic carbocycles. The van der Waals surface area contributed by atoms with E-state index in [4.69, 9.17) is 0 Å². The largest absolute Gasteiger partial charge is 0.308 e. The van der Waals surface area contributed by atoms with Gasteiger partial charge in [0.05, 0.1) is 22.5 Å². The molecule has 2 aliphatic rings. The van der Waals surface area contributed by atoms with Gasteiger partial charge < -0.3 is 9.80 Å². The van der Waals surface area contributed by atoms with Gasteiger partial charge in [0.25, 0.3) is 11.8 Å². The van der Waals surface area contributed by atoms with E-state index in [0.717, 1.165) is 71.1 Å². The fourth-order valence-corrected chi connectivity index (χ4v) is 15.5. The Kier molecular flexibility index (Phi) is 33.0. The fraction of sp³-hybridized carbons (Fsp3) is 0.684. The van der Waals surface area contributed by atoms with Crippen LogP contribution in [0.1, 0.15) is 319 Å². The summed E-state index contributed by atoms with van der Waals surface area (Å²) in [7, 11) is 0. The predicted octanol–water partition coefficient (Wildman–Crippen LogP) is 25.1. The standard InChI is InChI=1S/C76H118N2O2S2/c1-7-11-15-19-23-27-31-35-43-63(44-36-32-28-24-20-16-12-8-2)47-39-41-57-77-68-59-61(5)49-52-66(68)73(75(77)79)74-67-53-51-65(70-55-56-72(82-70)71-54-50-62(6)81-71)60-69(67)78(76(74)80)58-42-40-48-64(45-37-33-29-25-21-17-13-9-3)46-38-34-30-26-22-18-14-10-4/h49-56,59-60,63-64H,7-48,57-58H2,1-6H3/b74-73+. The number of amides is 2. The van der Waals surface area contributed by atoms with E-state index in [1.54, 1.807) is 0 Å². The molecule has 4 aromatic rings. The number of nitrogens with zero attached hydrogens (tertiary/aromatic N) is 2. The lowest BCUT2D eigenvalue weighted by molar-refractivity contribution is -0.114. The van der Waals surface area contributed by atoms with Crippen molar-refractivity contribution >= 4 is 57.0 Å². The zero-order valence-corrected chi connectivity index (χ0v) is 55.2. The molecule has 82 heavy (non-hydrogen) atoms. The minimum Gasteiger partial charge on any atom is -0.308 e. The van der Waals surface area contributed by atoms with Crippen molar-refractivity contribution in [1.82, 2.24) is 0 Å². The molecule has 0 spiro atoms. The highest BCUT2D eigenvalue weighted by atomic mass is 32.1. The van der Waals surface area contributed by atoms with Crippen molar-refractivity contribution in [2.24, 2.45) is 11.8 Å². The van der Waals surface area contributed by atoms with E-state index in [0.29, 0.717) is 24.2 Å². The number of carbonyl (C=O) groups excluding carboxylic acids is 2. The molecule has 0 saturated carbocycles. The van der Waals surface area contributed by atoms with Crippen LogP contribution in [0.3, 0.4) is 0 Å². The smallest absolute Gasteiger partial charge is 0.259 e. The molecule has 456 valence electrons. The normalized spacial score (nSPS) is 14.2. The Labute approximate surface area is 511 Å². The maximum atomic E-state index is 15.4. The van der Waals surface area contributed by atoms with Crippen molar-refractivity contribution in [3.63, 3.8) is 0 Å². The highest BCUT2D eigenvalue weighted by molar-refractivity contribution is 7.23. The molecular weight excluding hydrogens is 1040 g/mol. The molecule has 0 atom stereocenters. The molecule has 0 bridgehead atoms. The molecule has 2 aromatic carbocycles. The molecule has 0 N–H and O–H groups in total. The van der Waals surface area contributed by atoms with Crippen LogP contribution < -0.4 is 9.80 Å². The van der Waals surface area contributed by atoms with Gasteiger partial charge in [-0.2, -0.15) is 0 Å². The number of carbonyl (C=O) groups is 2. The number of anilines is 2. The summed E-state index contributed by atoms with van der Waals surface area (Å²) in [5, 5.41) is 0. The quantitative estimate of drug-likeness (QED) is 0.0327. The van der Waals surface area contributed by atoms with Crippen LogP contribution in [0.5, 0.6) is 0 Å². The van der Waals surface area contributed by atoms with E-state index in [-0.39, 0.29) is 11.8 Å². The summed E-state index contributed by atoms with van der Waals surface area (Å²) >= 11 is 3.68. The van der Waals surface area contributed by atoms with E-state index in [9.17, 15) is 0 Å². The van der Waals surface area contributed by atoms with E-state index in [1.165, 1.54) is 263 Å². The molecule has 2 aromatic heterocycles. The van der Waals surface area contributed by atoms with Crippen LogP contribution in [0.25, 0.3) is 31.3 Å². The van der Waals surface area contributed by atoms with Crippen molar-refractivity contribution in [3.8, 4) is 20.2 Å². The Balaban J connectivity index is 1.16. The SMILES string of the molecule is CCCCCCCCCCC(CCCCCCCCCC)CCCCN1C(=O)/C(=C2/C(=O)N(CCCCC(CCCCCCCCCC)CCCCCCCCCC)c3cc(-c4ccc(-c5ccc(C)s5)s4)ccc32)c2ccc(C)cc21. The average Bonchev–Trinajstić information content (AvgIpc) is 4.45. The third-order valence-electron chi connectivity index (χ3n) is 18.7. The van der Waals surface area contributed by atoms with E-state index in [2.05, 4.69) is 112 Å². The van der Waals surface area contributed by atoms with Gasteiger partial charge in [0.15, 0.2) is 0 Å². The molecule has 2 aliphatic heterocycles. The van der Waals surface area contributed by atoms with Gasteiger partial charge in [0, 0.05) is 43.7 Å². The predicted molar refractivity (Wildman–Crippen MR) is 364 cm³/mol. The molecule has 6 heteroatoms. The highest BCUT2D eigenvalue weighted by Crippen LogP contribution is 2.49. The van der Waals surface area contributed by atoms with Gasteiger partial charge in [-0.3, -0.25) is 9.59 Å². The monoisotopic (exact) mass is 1150 g/mol. The molecule has 6 rings (SSSR count). The Morgan fingerprint density at radius 3 is 1.06 bits per heavy atom. The van der Waals surface area contributed by atoms with Crippen LogP contribution >= 0.6 is 22.7 Å². The Morgan fingerprint density at radius 1 is 0.341 bits per heavy atom. The second-order valence-electron chi connectivity index (χ2n) is 25.8.